The average molecular weight is 467 g/mol. The highest BCUT2D eigenvalue weighted by atomic mass is 32.2. The van der Waals surface area contributed by atoms with Gasteiger partial charge in [-0.2, -0.15) is 0 Å². The van der Waals surface area contributed by atoms with Crippen molar-refractivity contribution in [2.24, 2.45) is 0 Å². The second-order valence-corrected chi connectivity index (χ2v) is 11.2. The van der Waals surface area contributed by atoms with Crippen molar-refractivity contribution < 1.29 is 13.2 Å². The number of hydrogen-bond donors (Lipinski definition) is 3. The van der Waals surface area contributed by atoms with Gasteiger partial charge in [0.2, 0.25) is 15.9 Å². The van der Waals surface area contributed by atoms with Crippen molar-refractivity contribution in [1.82, 2.24) is 9.97 Å². The van der Waals surface area contributed by atoms with Gasteiger partial charge in [-0.15, -0.1) is 23.1 Å². The van der Waals surface area contributed by atoms with Crippen molar-refractivity contribution in [3.05, 3.63) is 50.9 Å². The second-order valence-electron chi connectivity index (χ2n) is 6.87. The van der Waals surface area contributed by atoms with E-state index in [1.807, 2.05) is 13.8 Å². The number of carbonyl (C=O) groups is 1. The van der Waals surface area contributed by atoms with Crippen molar-refractivity contribution in [2.45, 2.75) is 31.8 Å². The van der Waals surface area contributed by atoms with Gasteiger partial charge in [0.05, 0.1) is 22.6 Å². The van der Waals surface area contributed by atoms with Crippen molar-refractivity contribution in [2.75, 3.05) is 16.3 Å². The van der Waals surface area contributed by atoms with Crippen molar-refractivity contribution >= 4 is 60.6 Å². The van der Waals surface area contributed by atoms with Crippen molar-refractivity contribution in [1.29, 1.82) is 0 Å². The highest BCUT2D eigenvalue weighted by molar-refractivity contribution is 7.99. The number of aromatic amines is 1. The van der Waals surface area contributed by atoms with Gasteiger partial charge in [-0.25, -0.2) is 13.4 Å². The fraction of sp³-hybridized carbons (Fsp3) is 0.316. The molecule has 8 nitrogen and oxygen atoms in total. The Morgan fingerprint density at radius 2 is 1.87 bits per heavy atom. The molecule has 1 aromatic carbocycles. The molecule has 0 saturated heterocycles. The van der Waals surface area contributed by atoms with Gasteiger partial charge in [0.1, 0.15) is 10.7 Å². The van der Waals surface area contributed by atoms with Crippen LogP contribution in [0.5, 0.6) is 0 Å². The molecule has 0 aliphatic heterocycles. The minimum Gasteiger partial charge on any atom is -0.325 e. The summed E-state index contributed by atoms with van der Waals surface area (Å²) in [5, 5.41) is 3.04. The third-order valence-electron chi connectivity index (χ3n) is 4.38. The number of rotatable bonds is 7. The van der Waals surface area contributed by atoms with Crippen LogP contribution in [0.3, 0.4) is 0 Å². The maximum absolute atomic E-state index is 12.4. The Hall–Kier alpha value is -2.37. The highest BCUT2D eigenvalue weighted by Gasteiger charge is 2.16. The maximum atomic E-state index is 12.4. The summed E-state index contributed by atoms with van der Waals surface area (Å²) in [7, 11) is -3.35. The molecule has 3 N–H and O–H groups in total. The predicted octanol–water partition coefficient (Wildman–Crippen LogP) is 3.23. The van der Waals surface area contributed by atoms with Gasteiger partial charge in [-0.05, 0) is 50.6 Å². The van der Waals surface area contributed by atoms with E-state index in [0.717, 1.165) is 16.7 Å². The minimum atomic E-state index is -3.35. The molecule has 0 bridgehead atoms. The molecule has 0 fully saturated rings. The molecule has 11 heteroatoms. The largest absolute Gasteiger partial charge is 0.325 e. The Kier molecular flexibility index (Phi) is 6.53. The number of H-pyrrole nitrogens is 1. The van der Waals surface area contributed by atoms with Crippen LogP contribution in [-0.2, 0) is 20.6 Å². The zero-order valence-electron chi connectivity index (χ0n) is 16.9. The first kappa shape index (κ1) is 22.3. The topological polar surface area (TPSA) is 121 Å². The monoisotopic (exact) mass is 466 g/mol. The minimum absolute atomic E-state index is 0.155. The van der Waals surface area contributed by atoms with E-state index in [1.54, 1.807) is 31.2 Å². The Labute approximate surface area is 182 Å². The van der Waals surface area contributed by atoms with E-state index in [9.17, 15) is 18.0 Å². The van der Waals surface area contributed by atoms with E-state index in [0.29, 0.717) is 33.2 Å². The van der Waals surface area contributed by atoms with E-state index < -0.39 is 10.0 Å². The summed E-state index contributed by atoms with van der Waals surface area (Å²) >= 11 is 2.86. The molecular formula is C19H22N4O4S3. The van der Waals surface area contributed by atoms with Crippen LogP contribution < -0.4 is 15.6 Å². The molecule has 160 valence electrons. The molecule has 2 heterocycles. The standard InChI is InChI=1S/C19H22N4O4S3/c1-10-11(2)29-19-16(10)18(25)21-15(22-19)9-28-12(3)17(24)20-13-5-7-14(8-6-13)23-30(4,26)27/h5-8,12,23H,9H2,1-4H3,(H,20,24)(H,21,22,25). The molecule has 30 heavy (non-hydrogen) atoms. The summed E-state index contributed by atoms with van der Waals surface area (Å²) in [6, 6.07) is 6.39. The van der Waals surface area contributed by atoms with Crippen LogP contribution >= 0.6 is 23.1 Å². The lowest BCUT2D eigenvalue weighted by Gasteiger charge is -2.12. The lowest BCUT2D eigenvalue weighted by molar-refractivity contribution is -0.115. The van der Waals surface area contributed by atoms with E-state index in [2.05, 4.69) is 20.0 Å². The van der Waals surface area contributed by atoms with Gasteiger partial charge >= 0.3 is 0 Å². The number of nitrogens with zero attached hydrogens (tertiary/aromatic N) is 1. The number of thiophene rings is 1. The summed E-state index contributed by atoms with van der Waals surface area (Å²) in [5.74, 6) is 0.733. The number of carbonyl (C=O) groups excluding carboxylic acids is 1. The number of aryl methyl sites for hydroxylation is 2. The van der Waals surface area contributed by atoms with E-state index in [4.69, 9.17) is 0 Å². The maximum Gasteiger partial charge on any atom is 0.259 e. The summed E-state index contributed by atoms with van der Waals surface area (Å²) < 4.78 is 24.9. The molecule has 1 amide bonds. The van der Waals surface area contributed by atoms with Gasteiger partial charge in [0.25, 0.3) is 5.56 Å². The Morgan fingerprint density at radius 3 is 2.50 bits per heavy atom. The molecule has 1 atom stereocenters. The van der Waals surface area contributed by atoms with Crippen LogP contribution in [0, 0.1) is 13.8 Å². The fourth-order valence-electron chi connectivity index (χ4n) is 2.73. The van der Waals surface area contributed by atoms with Gasteiger partial charge < -0.3 is 10.3 Å². The third kappa shape index (κ3) is 5.41. The van der Waals surface area contributed by atoms with E-state index >= 15 is 0 Å². The Morgan fingerprint density at radius 1 is 1.23 bits per heavy atom. The van der Waals surface area contributed by atoms with Crippen molar-refractivity contribution in [3.8, 4) is 0 Å². The number of anilines is 2. The molecule has 0 spiro atoms. The third-order valence-corrected chi connectivity index (χ3v) is 7.24. The predicted molar refractivity (Wildman–Crippen MR) is 124 cm³/mol. The molecule has 1 unspecified atom stereocenters. The first-order chi connectivity index (χ1) is 14.0. The fourth-order valence-corrected chi connectivity index (χ4v) is 5.09. The van der Waals surface area contributed by atoms with Crippen LogP contribution in [-0.4, -0.2) is 35.8 Å². The average Bonchev–Trinajstić information content (AvgIpc) is 2.94. The number of fused-ring (bicyclic) bond motifs is 1. The van der Waals surface area contributed by atoms with Gasteiger partial charge in [0, 0.05) is 16.3 Å². The van der Waals surface area contributed by atoms with E-state index in [-0.39, 0.29) is 16.7 Å². The Bertz CT molecular complexity index is 1250. The number of sulfonamides is 1. The molecule has 3 aromatic rings. The number of amides is 1. The van der Waals surface area contributed by atoms with Crippen LogP contribution in [0.4, 0.5) is 11.4 Å². The molecule has 0 aliphatic carbocycles. The number of aromatic nitrogens is 2. The molecule has 0 radical (unpaired) electrons. The number of benzene rings is 1. The molecule has 0 saturated carbocycles. The van der Waals surface area contributed by atoms with Crippen LogP contribution in [0.2, 0.25) is 0 Å². The van der Waals surface area contributed by atoms with Gasteiger partial charge in [-0.3, -0.25) is 14.3 Å². The molecule has 3 rings (SSSR count). The number of nitrogens with one attached hydrogen (secondary N) is 3. The smallest absolute Gasteiger partial charge is 0.259 e. The molecular weight excluding hydrogens is 444 g/mol. The Balaban J connectivity index is 1.61. The summed E-state index contributed by atoms with van der Waals surface area (Å²) in [5.41, 5.74) is 1.78. The second kappa shape index (κ2) is 8.78. The SMILES string of the molecule is Cc1sc2nc(CSC(C)C(=O)Nc3ccc(NS(C)(=O)=O)cc3)[nH]c(=O)c2c1C. The summed E-state index contributed by atoms with van der Waals surface area (Å²) in [6.45, 7) is 5.65. The lowest BCUT2D eigenvalue weighted by atomic mass is 10.2. The van der Waals surface area contributed by atoms with Gasteiger partial charge in [0.15, 0.2) is 0 Å². The summed E-state index contributed by atoms with van der Waals surface area (Å²) in [6.07, 6.45) is 1.07. The first-order valence-corrected chi connectivity index (χ1v) is 12.8. The normalized spacial score (nSPS) is 12.7. The quantitative estimate of drug-likeness (QED) is 0.492. The number of thioether (sulfide) groups is 1. The number of hydrogen-bond acceptors (Lipinski definition) is 7. The van der Waals surface area contributed by atoms with Crippen LogP contribution in [0.1, 0.15) is 23.2 Å². The van der Waals surface area contributed by atoms with E-state index in [1.165, 1.54) is 23.1 Å². The zero-order valence-corrected chi connectivity index (χ0v) is 19.3. The van der Waals surface area contributed by atoms with Gasteiger partial charge in [-0.1, -0.05) is 0 Å². The lowest BCUT2D eigenvalue weighted by Crippen LogP contribution is -2.23. The molecule has 2 aromatic heterocycles. The molecule has 0 aliphatic rings. The van der Waals surface area contributed by atoms with Crippen LogP contribution in [0.25, 0.3) is 10.2 Å². The first-order valence-electron chi connectivity index (χ1n) is 9.02. The van der Waals surface area contributed by atoms with Crippen LogP contribution in [0.15, 0.2) is 29.1 Å². The zero-order chi connectivity index (χ0) is 22.1. The highest BCUT2D eigenvalue weighted by Crippen LogP contribution is 2.26. The summed E-state index contributed by atoms with van der Waals surface area (Å²) in [4.78, 5) is 33.9. The van der Waals surface area contributed by atoms with Crippen molar-refractivity contribution in [3.63, 3.8) is 0 Å².